The molecule has 0 heterocycles. The van der Waals surface area contributed by atoms with Gasteiger partial charge < -0.3 is 10.2 Å². The molecule has 0 radical (unpaired) electrons. The second-order valence-corrected chi connectivity index (χ2v) is 5.06. The molecular formula is C19H15F6O2Zr-. The predicted molar refractivity (Wildman–Crippen MR) is 88.3 cm³/mol. The molecule has 0 aliphatic rings. The molecular weight excluding hydrogens is 465 g/mol. The van der Waals surface area contributed by atoms with Crippen LogP contribution in [0.4, 0.5) is 26.3 Å². The van der Waals surface area contributed by atoms with Gasteiger partial charge in [0.1, 0.15) is 11.5 Å². The van der Waals surface area contributed by atoms with Crippen LogP contribution in [0.1, 0.15) is 11.1 Å². The van der Waals surface area contributed by atoms with Gasteiger partial charge >= 0.3 is 12.4 Å². The fourth-order valence-electron chi connectivity index (χ4n) is 1.69. The summed E-state index contributed by atoms with van der Waals surface area (Å²) >= 11 is 0. The minimum Gasteiger partial charge on any atom is -0.508 e. The number of phenols is 2. The van der Waals surface area contributed by atoms with Crippen LogP contribution in [0.15, 0.2) is 78.9 Å². The molecule has 0 aromatic heterocycles. The summed E-state index contributed by atoms with van der Waals surface area (Å²) in [6, 6.07) is 17.8. The molecule has 2 N–H and O–H groups in total. The summed E-state index contributed by atoms with van der Waals surface area (Å²) in [6.07, 6.45) is -8.75. The van der Waals surface area contributed by atoms with Gasteiger partial charge in [0, 0.05) is 26.2 Å². The molecule has 150 valence electrons. The van der Waals surface area contributed by atoms with Gasteiger partial charge in [-0.2, -0.15) is 44.5 Å². The number of alkyl halides is 6. The van der Waals surface area contributed by atoms with Gasteiger partial charge in [-0.25, -0.2) is 12.1 Å². The van der Waals surface area contributed by atoms with Crippen LogP contribution in [0, 0.1) is 0 Å². The Labute approximate surface area is 176 Å². The predicted octanol–water partition coefficient (Wildman–Crippen LogP) is 6.23. The zero-order valence-electron chi connectivity index (χ0n) is 14.2. The van der Waals surface area contributed by atoms with Crippen molar-refractivity contribution in [2.75, 3.05) is 0 Å². The third kappa shape index (κ3) is 10.3. The standard InChI is InChI=1S/2C7H5F3O.C5H5.Zr/c2*8-7(9,10)5-2-1-3-6(11)4-5;1-2-4-5-3-1;/h2*1-4,11H;1-5H;/q;;-1;. The Balaban J connectivity index is 0.000000408. The van der Waals surface area contributed by atoms with Gasteiger partial charge in [0.25, 0.3) is 0 Å². The Kier molecular flexibility index (Phi) is 10.7. The Morgan fingerprint density at radius 3 is 1.14 bits per heavy atom. The van der Waals surface area contributed by atoms with Crippen molar-refractivity contribution in [3.63, 3.8) is 0 Å². The quantitative estimate of drug-likeness (QED) is 0.296. The van der Waals surface area contributed by atoms with E-state index in [1.54, 1.807) is 0 Å². The van der Waals surface area contributed by atoms with Crippen molar-refractivity contribution in [3.05, 3.63) is 90.0 Å². The normalized spacial score (nSPS) is 10.5. The zero-order valence-corrected chi connectivity index (χ0v) is 16.6. The van der Waals surface area contributed by atoms with E-state index < -0.39 is 23.5 Å². The molecule has 0 aliphatic carbocycles. The van der Waals surface area contributed by atoms with Crippen LogP contribution in [0.5, 0.6) is 11.5 Å². The first-order chi connectivity index (χ1) is 12.5. The van der Waals surface area contributed by atoms with E-state index in [4.69, 9.17) is 10.2 Å². The molecule has 9 heteroatoms. The smallest absolute Gasteiger partial charge is 0.416 e. The minimum absolute atomic E-state index is 0. The first kappa shape index (κ1) is 25.9. The maximum atomic E-state index is 11.9. The Bertz CT molecular complexity index is 726. The summed E-state index contributed by atoms with van der Waals surface area (Å²) < 4.78 is 71.1. The molecule has 0 atom stereocenters. The van der Waals surface area contributed by atoms with Gasteiger partial charge in [0.2, 0.25) is 0 Å². The molecule has 0 aliphatic heterocycles. The zero-order chi connectivity index (χ0) is 20.5. The Morgan fingerprint density at radius 2 is 0.964 bits per heavy atom. The maximum Gasteiger partial charge on any atom is 0.416 e. The van der Waals surface area contributed by atoms with Crippen molar-refractivity contribution in [2.45, 2.75) is 12.4 Å². The summed E-state index contributed by atoms with van der Waals surface area (Å²) in [5, 5.41) is 17.4. The minimum atomic E-state index is -4.38. The Morgan fingerprint density at radius 1 is 0.607 bits per heavy atom. The van der Waals surface area contributed by atoms with Gasteiger partial charge in [-0.3, -0.25) is 0 Å². The van der Waals surface area contributed by atoms with E-state index in [1.807, 2.05) is 30.3 Å². The van der Waals surface area contributed by atoms with E-state index in [1.165, 1.54) is 12.1 Å². The van der Waals surface area contributed by atoms with Gasteiger partial charge in [-0.15, -0.1) is 0 Å². The number of hydrogen-bond acceptors (Lipinski definition) is 2. The average Bonchev–Trinajstić information content (AvgIpc) is 3.14. The number of benzene rings is 2. The second kappa shape index (κ2) is 11.6. The molecule has 3 aromatic rings. The van der Waals surface area contributed by atoms with Crippen LogP contribution in [-0.2, 0) is 38.6 Å². The number of aromatic hydroxyl groups is 2. The fraction of sp³-hybridized carbons (Fsp3) is 0.105. The molecule has 0 amide bonds. The number of phenolic OH excluding ortho intramolecular Hbond substituents is 2. The summed E-state index contributed by atoms with van der Waals surface area (Å²) in [7, 11) is 0. The number of rotatable bonds is 0. The van der Waals surface area contributed by atoms with E-state index in [2.05, 4.69) is 0 Å². The van der Waals surface area contributed by atoms with E-state index in [0.29, 0.717) is 12.1 Å². The first-order valence-corrected chi connectivity index (χ1v) is 7.39. The van der Waals surface area contributed by atoms with E-state index in [9.17, 15) is 26.3 Å². The van der Waals surface area contributed by atoms with Crippen LogP contribution in [0.25, 0.3) is 0 Å². The topological polar surface area (TPSA) is 40.5 Å². The average molecular weight is 481 g/mol. The third-order valence-corrected chi connectivity index (χ3v) is 2.90. The fourth-order valence-corrected chi connectivity index (χ4v) is 1.69. The van der Waals surface area contributed by atoms with Gasteiger partial charge in [-0.05, 0) is 36.4 Å². The van der Waals surface area contributed by atoms with Gasteiger partial charge in [0.05, 0.1) is 11.1 Å². The SMILES string of the molecule is Oc1cccc(C(F)(F)F)c1.Oc1cccc(C(F)(F)F)c1.[Zr].c1cc[cH-]c1. The molecule has 0 bridgehead atoms. The van der Waals surface area contributed by atoms with Crippen molar-refractivity contribution in [1.29, 1.82) is 0 Å². The van der Waals surface area contributed by atoms with Crippen molar-refractivity contribution in [3.8, 4) is 11.5 Å². The van der Waals surface area contributed by atoms with Crippen LogP contribution in [-0.4, -0.2) is 10.2 Å². The van der Waals surface area contributed by atoms with E-state index >= 15 is 0 Å². The Hall–Kier alpha value is -2.15. The van der Waals surface area contributed by atoms with Crippen LogP contribution in [0.3, 0.4) is 0 Å². The molecule has 3 aromatic carbocycles. The van der Waals surface area contributed by atoms with E-state index in [-0.39, 0.29) is 37.7 Å². The molecule has 0 spiro atoms. The number of hydrogen-bond donors (Lipinski definition) is 2. The summed E-state index contributed by atoms with van der Waals surface area (Å²) in [6.45, 7) is 0. The molecule has 2 nitrogen and oxygen atoms in total. The maximum absolute atomic E-state index is 11.9. The van der Waals surface area contributed by atoms with Crippen molar-refractivity contribution >= 4 is 0 Å². The van der Waals surface area contributed by atoms with Gasteiger partial charge in [-0.1, -0.05) is 12.1 Å². The van der Waals surface area contributed by atoms with Crippen molar-refractivity contribution in [2.24, 2.45) is 0 Å². The second-order valence-electron chi connectivity index (χ2n) is 5.06. The van der Waals surface area contributed by atoms with Crippen molar-refractivity contribution < 1.29 is 62.8 Å². The molecule has 0 saturated carbocycles. The van der Waals surface area contributed by atoms with E-state index in [0.717, 1.165) is 24.3 Å². The van der Waals surface area contributed by atoms with Crippen LogP contribution >= 0.6 is 0 Å². The molecule has 3 rings (SSSR count). The summed E-state index contributed by atoms with van der Waals surface area (Å²) in [4.78, 5) is 0. The van der Waals surface area contributed by atoms with Gasteiger partial charge in [0.15, 0.2) is 0 Å². The summed E-state index contributed by atoms with van der Waals surface area (Å²) in [5.74, 6) is -0.750. The largest absolute Gasteiger partial charge is 0.508 e. The molecule has 0 unspecified atom stereocenters. The molecule has 0 saturated heterocycles. The monoisotopic (exact) mass is 479 g/mol. The molecule has 0 fully saturated rings. The summed E-state index contributed by atoms with van der Waals surface area (Å²) in [5.41, 5.74) is -1.67. The molecule has 28 heavy (non-hydrogen) atoms. The third-order valence-electron chi connectivity index (χ3n) is 2.90. The van der Waals surface area contributed by atoms with Crippen molar-refractivity contribution in [1.82, 2.24) is 0 Å². The van der Waals surface area contributed by atoms with Crippen LogP contribution in [0.2, 0.25) is 0 Å². The first-order valence-electron chi connectivity index (χ1n) is 7.39. The number of halogens is 6. The van der Waals surface area contributed by atoms with Crippen LogP contribution < -0.4 is 0 Å².